The van der Waals surface area contributed by atoms with E-state index in [0.29, 0.717) is 18.5 Å². The van der Waals surface area contributed by atoms with Gasteiger partial charge in [-0.15, -0.1) is 0 Å². The van der Waals surface area contributed by atoms with Crippen molar-refractivity contribution in [1.29, 1.82) is 0 Å². The first-order chi connectivity index (χ1) is 10.1. The van der Waals surface area contributed by atoms with Crippen LogP contribution >= 0.6 is 0 Å². The van der Waals surface area contributed by atoms with Crippen LogP contribution in [0.25, 0.3) is 0 Å². The van der Waals surface area contributed by atoms with Gasteiger partial charge >= 0.3 is 0 Å². The van der Waals surface area contributed by atoms with E-state index < -0.39 is 0 Å². The van der Waals surface area contributed by atoms with Gasteiger partial charge < -0.3 is 9.64 Å². The molecule has 0 radical (unpaired) electrons. The molecule has 2 heterocycles. The smallest absolute Gasteiger partial charge is 0.216 e. The summed E-state index contributed by atoms with van der Waals surface area (Å²) in [4.78, 5) is 22.9. The van der Waals surface area contributed by atoms with Gasteiger partial charge in [0, 0.05) is 24.2 Å². The molecule has 1 aliphatic heterocycles. The molecule has 5 nitrogen and oxygen atoms in total. The van der Waals surface area contributed by atoms with Crippen LogP contribution in [-0.2, 0) is 0 Å². The fraction of sp³-hybridized carbons (Fsp3) is 0.688. The van der Waals surface area contributed by atoms with Gasteiger partial charge in [-0.2, -0.15) is 4.98 Å². The van der Waals surface area contributed by atoms with Crippen molar-refractivity contribution in [2.75, 3.05) is 20.2 Å². The first-order valence-electron chi connectivity index (χ1n) is 7.82. The predicted octanol–water partition coefficient (Wildman–Crippen LogP) is 2.57. The number of carbonyl (C=O) groups excluding carboxylic acids is 1. The number of hydrogen-bond acceptors (Lipinski definition) is 5. The molecule has 5 heteroatoms. The lowest BCUT2D eigenvalue weighted by molar-refractivity contribution is 0.0911. The Kier molecular flexibility index (Phi) is 5.67. The van der Waals surface area contributed by atoms with Crippen molar-refractivity contribution < 1.29 is 9.53 Å². The zero-order chi connectivity index (χ0) is 15.2. The number of likely N-dealkylation sites (tertiary alicyclic amines) is 1. The van der Waals surface area contributed by atoms with Gasteiger partial charge in [-0.25, -0.2) is 4.98 Å². The zero-order valence-corrected chi connectivity index (χ0v) is 13.2. The molecule has 1 aliphatic rings. The van der Waals surface area contributed by atoms with Crippen molar-refractivity contribution in [3.63, 3.8) is 0 Å². The lowest BCUT2D eigenvalue weighted by Gasteiger charge is -2.19. The molecule has 0 amide bonds. The first kappa shape index (κ1) is 15.9. The third-order valence-electron chi connectivity index (χ3n) is 4.11. The molecule has 1 aromatic rings. The third kappa shape index (κ3) is 4.24. The molecular formula is C16H25N3O2. The summed E-state index contributed by atoms with van der Waals surface area (Å²) in [5.74, 6) is 0.733. The second kappa shape index (κ2) is 7.50. The number of hydrogen-bond donors (Lipinski definition) is 0. The highest BCUT2D eigenvalue weighted by Crippen LogP contribution is 2.17. The molecule has 1 aromatic heterocycles. The highest BCUT2D eigenvalue weighted by atomic mass is 16.5. The Hall–Kier alpha value is -1.49. The zero-order valence-electron chi connectivity index (χ0n) is 13.2. The number of aromatic nitrogens is 2. The van der Waals surface area contributed by atoms with Crippen LogP contribution in [0.5, 0.6) is 5.88 Å². The fourth-order valence-corrected chi connectivity index (χ4v) is 2.70. The quantitative estimate of drug-likeness (QED) is 0.723. The van der Waals surface area contributed by atoms with Gasteiger partial charge in [0.05, 0.1) is 0 Å². The summed E-state index contributed by atoms with van der Waals surface area (Å²) >= 11 is 0. The van der Waals surface area contributed by atoms with Crippen LogP contribution in [0.3, 0.4) is 0 Å². The molecule has 1 unspecified atom stereocenters. The van der Waals surface area contributed by atoms with Crippen molar-refractivity contribution in [3.05, 3.63) is 18.1 Å². The standard InChI is InChI=1S/C16H25N3O2/c1-4-6-12(2)15(20)16-17-9-8-14(18-16)21-11-13-7-5-10-19(13)3/h8-9,12-13H,4-7,10-11H2,1-3H3/t12?,13-/m0/s1. The number of ketones is 1. The third-order valence-corrected chi connectivity index (χ3v) is 4.11. The van der Waals surface area contributed by atoms with Gasteiger partial charge in [0.1, 0.15) is 6.61 Å². The van der Waals surface area contributed by atoms with Gasteiger partial charge in [-0.05, 0) is 32.9 Å². The molecule has 116 valence electrons. The SMILES string of the molecule is CCCC(C)C(=O)c1nccc(OC[C@@H]2CCCN2C)n1. The highest BCUT2D eigenvalue weighted by molar-refractivity contribution is 5.94. The molecule has 2 rings (SSSR count). The van der Waals surface area contributed by atoms with Gasteiger partial charge in [0.2, 0.25) is 11.7 Å². The van der Waals surface area contributed by atoms with Crippen LogP contribution in [0.1, 0.15) is 50.1 Å². The van der Waals surface area contributed by atoms with Crippen LogP contribution in [-0.4, -0.2) is 46.9 Å². The van der Waals surface area contributed by atoms with Gasteiger partial charge in [-0.1, -0.05) is 20.3 Å². The minimum absolute atomic E-state index is 0.000263. The van der Waals surface area contributed by atoms with Crippen molar-refractivity contribution >= 4 is 5.78 Å². The number of Topliss-reactive ketones (excluding diaryl/α,β-unsaturated/α-hetero) is 1. The van der Waals surface area contributed by atoms with E-state index in [0.717, 1.165) is 25.8 Å². The van der Waals surface area contributed by atoms with Crippen molar-refractivity contribution in [2.45, 2.75) is 45.6 Å². The Bertz CT molecular complexity index is 478. The fourth-order valence-electron chi connectivity index (χ4n) is 2.70. The summed E-state index contributed by atoms with van der Waals surface area (Å²) in [6, 6.07) is 2.16. The molecule has 0 N–H and O–H groups in total. The topological polar surface area (TPSA) is 55.3 Å². The van der Waals surface area contributed by atoms with Crippen molar-refractivity contribution in [2.24, 2.45) is 5.92 Å². The van der Waals surface area contributed by atoms with Crippen LogP contribution in [0.4, 0.5) is 0 Å². The van der Waals surface area contributed by atoms with Crippen LogP contribution in [0.2, 0.25) is 0 Å². The summed E-state index contributed by atoms with van der Waals surface area (Å²) < 4.78 is 5.75. The van der Waals surface area contributed by atoms with Crippen molar-refractivity contribution in [1.82, 2.24) is 14.9 Å². The summed E-state index contributed by atoms with van der Waals surface area (Å²) in [5.41, 5.74) is 0. The second-order valence-electron chi connectivity index (χ2n) is 5.86. The molecule has 0 aliphatic carbocycles. The Morgan fingerprint density at radius 1 is 1.57 bits per heavy atom. The lowest BCUT2D eigenvalue weighted by Crippen LogP contribution is -2.30. The molecule has 0 bridgehead atoms. The van der Waals surface area contributed by atoms with E-state index in [-0.39, 0.29) is 17.5 Å². The van der Waals surface area contributed by atoms with E-state index in [2.05, 4.69) is 28.8 Å². The first-order valence-corrected chi connectivity index (χ1v) is 7.82. The molecule has 0 spiro atoms. The monoisotopic (exact) mass is 291 g/mol. The molecule has 0 saturated carbocycles. The van der Waals surface area contributed by atoms with E-state index in [1.54, 1.807) is 12.3 Å². The average Bonchev–Trinajstić information content (AvgIpc) is 2.90. The number of likely N-dealkylation sites (N-methyl/N-ethyl adjacent to an activating group) is 1. The Labute approximate surface area is 126 Å². The summed E-state index contributed by atoms with van der Waals surface area (Å²) in [5, 5.41) is 0. The van der Waals surface area contributed by atoms with E-state index >= 15 is 0 Å². The Morgan fingerprint density at radius 2 is 2.38 bits per heavy atom. The minimum Gasteiger partial charge on any atom is -0.476 e. The molecule has 1 fully saturated rings. The summed E-state index contributed by atoms with van der Waals surface area (Å²) in [6.07, 6.45) is 5.82. The van der Waals surface area contributed by atoms with Gasteiger partial charge in [0.15, 0.2) is 5.82 Å². The van der Waals surface area contributed by atoms with E-state index in [1.165, 1.54) is 6.42 Å². The minimum atomic E-state index is -0.0359. The van der Waals surface area contributed by atoms with Crippen LogP contribution in [0.15, 0.2) is 12.3 Å². The molecule has 0 aromatic carbocycles. The van der Waals surface area contributed by atoms with E-state index in [4.69, 9.17) is 4.74 Å². The molecule has 1 saturated heterocycles. The normalized spacial score (nSPS) is 20.4. The van der Waals surface area contributed by atoms with Crippen LogP contribution < -0.4 is 4.74 Å². The summed E-state index contributed by atoms with van der Waals surface area (Å²) in [7, 11) is 2.11. The van der Waals surface area contributed by atoms with Crippen LogP contribution in [0, 0.1) is 5.92 Å². The number of rotatable bonds is 7. The van der Waals surface area contributed by atoms with Crippen molar-refractivity contribution in [3.8, 4) is 5.88 Å². The second-order valence-corrected chi connectivity index (χ2v) is 5.86. The maximum absolute atomic E-state index is 12.2. The van der Waals surface area contributed by atoms with Gasteiger partial charge in [0.25, 0.3) is 0 Å². The van der Waals surface area contributed by atoms with E-state index in [1.807, 2.05) is 6.92 Å². The highest BCUT2D eigenvalue weighted by Gasteiger charge is 2.22. The lowest BCUT2D eigenvalue weighted by atomic mass is 10.0. The number of nitrogens with zero attached hydrogens (tertiary/aromatic N) is 3. The Balaban J connectivity index is 1.95. The number of ether oxygens (including phenoxy) is 1. The predicted molar refractivity (Wildman–Crippen MR) is 81.6 cm³/mol. The largest absolute Gasteiger partial charge is 0.476 e. The molecule has 2 atom stereocenters. The van der Waals surface area contributed by atoms with E-state index in [9.17, 15) is 4.79 Å². The maximum atomic E-state index is 12.2. The van der Waals surface area contributed by atoms with Gasteiger partial charge in [-0.3, -0.25) is 4.79 Å². The maximum Gasteiger partial charge on any atom is 0.216 e. The number of carbonyl (C=O) groups is 1. The molecule has 21 heavy (non-hydrogen) atoms. The Morgan fingerprint density at radius 3 is 3.05 bits per heavy atom. The summed E-state index contributed by atoms with van der Waals surface area (Å²) in [6.45, 7) is 5.74. The average molecular weight is 291 g/mol. The molecular weight excluding hydrogens is 266 g/mol.